The van der Waals surface area contributed by atoms with Crippen LogP contribution in [0.4, 0.5) is 10.3 Å². The Hall–Kier alpha value is -3.26. The zero-order valence-electron chi connectivity index (χ0n) is 15.4. The summed E-state index contributed by atoms with van der Waals surface area (Å²) in [6, 6.07) is 11.7. The quantitative estimate of drug-likeness (QED) is 0.561. The Morgan fingerprint density at radius 3 is 2.57 bits per heavy atom. The van der Waals surface area contributed by atoms with E-state index in [-0.39, 0.29) is 11.7 Å². The van der Waals surface area contributed by atoms with E-state index in [1.165, 1.54) is 23.5 Å². The molecule has 0 bridgehead atoms. The van der Waals surface area contributed by atoms with Crippen molar-refractivity contribution >= 4 is 33.5 Å². The fourth-order valence-corrected chi connectivity index (χ4v) is 3.90. The molecular weight excluding hydrogens is 377 g/mol. The van der Waals surface area contributed by atoms with Crippen molar-refractivity contribution in [1.29, 1.82) is 0 Å². The van der Waals surface area contributed by atoms with Gasteiger partial charge in [0.15, 0.2) is 0 Å². The van der Waals surface area contributed by atoms with Crippen LogP contribution in [0, 0.1) is 5.82 Å². The van der Waals surface area contributed by atoms with Crippen LogP contribution in [0.15, 0.2) is 54.9 Å². The lowest BCUT2D eigenvalue weighted by atomic mass is 10.2. The predicted molar refractivity (Wildman–Crippen MR) is 109 cm³/mol. The van der Waals surface area contributed by atoms with Gasteiger partial charge in [-0.3, -0.25) is 14.3 Å². The molecular formula is C20H18FN5OS. The van der Waals surface area contributed by atoms with E-state index in [1.54, 1.807) is 30.6 Å². The lowest BCUT2D eigenvalue weighted by Gasteiger charge is -2.14. The molecule has 142 valence electrons. The Labute approximate surface area is 165 Å². The maximum atomic E-state index is 13.3. The molecule has 3 heterocycles. The van der Waals surface area contributed by atoms with E-state index >= 15 is 0 Å². The topological polar surface area (TPSA) is 63.1 Å². The lowest BCUT2D eigenvalue weighted by Crippen LogP contribution is -2.21. The number of pyridine rings is 1. The molecule has 0 unspecified atom stereocenters. The van der Waals surface area contributed by atoms with Gasteiger partial charge >= 0.3 is 0 Å². The van der Waals surface area contributed by atoms with Gasteiger partial charge in [-0.1, -0.05) is 0 Å². The Morgan fingerprint density at radius 2 is 1.89 bits per heavy atom. The van der Waals surface area contributed by atoms with E-state index in [0.29, 0.717) is 11.4 Å². The highest BCUT2D eigenvalue weighted by molar-refractivity contribution is 7.20. The molecule has 0 aliphatic carbocycles. The number of nitrogens with zero attached hydrogens (tertiary/aromatic N) is 4. The van der Waals surface area contributed by atoms with Crippen molar-refractivity contribution in [3.8, 4) is 5.69 Å². The predicted octanol–water partition coefficient (Wildman–Crippen LogP) is 3.62. The van der Waals surface area contributed by atoms with Crippen molar-refractivity contribution in [2.45, 2.75) is 6.54 Å². The second-order valence-electron chi connectivity index (χ2n) is 6.46. The third-order valence-electron chi connectivity index (χ3n) is 4.23. The summed E-state index contributed by atoms with van der Waals surface area (Å²) < 4.78 is 15.3. The molecule has 0 saturated carbocycles. The normalized spacial score (nSPS) is 11.0. The van der Waals surface area contributed by atoms with E-state index in [0.717, 1.165) is 27.5 Å². The van der Waals surface area contributed by atoms with Crippen LogP contribution < -0.4 is 10.2 Å². The van der Waals surface area contributed by atoms with Gasteiger partial charge < -0.3 is 10.2 Å². The van der Waals surface area contributed by atoms with Gasteiger partial charge in [0, 0.05) is 33.0 Å². The van der Waals surface area contributed by atoms with E-state index < -0.39 is 0 Å². The van der Waals surface area contributed by atoms with Crippen molar-refractivity contribution in [3.63, 3.8) is 0 Å². The number of benzene rings is 1. The minimum absolute atomic E-state index is 0.156. The summed E-state index contributed by atoms with van der Waals surface area (Å²) in [4.78, 5) is 24.5. The molecule has 1 N–H and O–H groups in total. The van der Waals surface area contributed by atoms with E-state index in [4.69, 9.17) is 0 Å². The summed E-state index contributed by atoms with van der Waals surface area (Å²) in [7, 11) is 3.79. The Bertz CT molecular complexity index is 1120. The summed E-state index contributed by atoms with van der Waals surface area (Å²) in [6.45, 7) is 0.428. The number of amides is 1. The number of nitrogens with one attached hydrogen (secondary N) is 1. The monoisotopic (exact) mass is 395 g/mol. The minimum atomic E-state index is -0.297. The number of thiophene rings is 1. The van der Waals surface area contributed by atoms with Crippen molar-refractivity contribution in [3.05, 3.63) is 71.1 Å². The zero-order chi connectivity index (χ0) is 19.7. The van der Waals surface area contributed by atoms with Crippen molar-refractivity contribution in [1.82, 2.24) is 19.9 Å². The molecule has 0 radical (unpaired) electrons. The van der Waals surface area contributed by atoms with Gasteiger partial charge in [-0.15, -0.1) is 11.3 Å². The summed E-state index contributed by atoms with van der Waals surface area (Å²) in [5.41, 5.74) is 2.50. The second-order valence-corrected chi connectivity index (χ2v) is 7.49. The van der Waals surface area contributed by atoms with Crippen molar-refractivity contribution < 1.29 is 9.18 Å². The first kappa shape index (κ1) is 18.1. The highest BCUT2D eigenvalue weighted by Gasteiger charge is 2.19. The highest BCUT2D eigenvalue weighted by atomic mass is 32.1. The Kier molecular flexibility index (Phi) is 4.79. The van der Waals surface area contributed by atoms with Gasteiger partial charge in [0.1, 0.15) is 16.2 Å². The van der Waals surface area contributed by atoms with Crippen LogP contribution >= 0.6 is 11.3 Å². The number of carbonyl (C=O) groups excluding carboxylic acids is 1. The van der Waals surface area contributed by atoms with Gasteiger partial charge in [0.25, 0.3) is 5.91 Å². The van der Waals surface area contributed by atoms with Crippen LogP contribution in [0.1, 0.15) is 15.2 Å². The molecule has 28 heavy (non-hydrogen) atoms. The first-order valence-electron chi connectivity index (χ1n) is 8.65. The summed E-state index contributed by atoms with van der Waals surface area (Å²) in [5.74, 6) is 0.266. The fraction of sp³-hybridized carbons (Fsp3) is 0.150. The fourth-order valence-electron chi connectivity index (χ4n) is 2.87. The zero-order valence-corrected chi connectivity index (χ0v) is 16.2. The number of hydrogen-bond donors (Lipinski definition) is 1. The Morgan fingerprint density at radius 1 is 1.18 bits per heavy atom. The van der Waals surface area contributed by atoms with Crippen molar-refractivity contribution in [2.24, 2.45) is 0 Å². The largest absolute Gasteiger partial charge is 0.348 e. The van der Waals surface area contributed by atoms with Gasteiger partial charge in [-0.2, -0.15) is 0 Å². The van der Waals surface area contributed by atoms with Gasteiger partial charge in [-0.25, -0.2) is 9.37 Å². The molecule has 0 aliphatic rings. The number of hydrogen-bond acceptors (Lipinski definition) is 5. The van der Waals surface area contributed by atoms with Crippen LogP contribution in [0.5, 0.6) is 0 Å². The van der Waals surface area contributed by atoms with E-state index in [2.05, 4.69) is 15.3 Å². The summed E-state index contributed by atoms with van der Waals surface area (Å²) >= 11 is 1.36. The van der Waals surface area contributed by atoms with Crippen LogP contribution in [-0.4, -0.2) is 34.5 Å². The Balaban J connectivity index is 1.67. The third kappa shape index (κ3) is 3.46. The van der Waals surface area contributed by atoms with Gasteiger partial charge in [0.05, 0.1) is 10.6 Å². The third-order valence-corrected chi connectivity index (χ3v) is 5.34. The average molecular weight is 395 g/mol. The molecule has 0 atom stereocenters. The smallest absolute Gasteiger partial charge is 0.261 e. The van der Waals surface area contributed by atoms with Crippen LogP contribution in [-0.2, 0) is 6.54 Å². The molecule has 4 rings (SSSR count). The molecule has 8 heteroatoms. The maximum Gasteiger partial charge on any atom is 0.261 e. The molecule has 0 saturated heterocycles. The number of fused-ring (bicyclic) bond motifs is 1. The van der Waals surface area contributed by atoms with E-state index in [9.17, 15) is 9.18 Å². The first-order valence-corrected chi connectivity index (χ1v) is 9.47. The first-order chi connectivity index (χ1) is 13.5. The number of anilines is 1. The highest BCUT2D eigenvalue weighted by Crippen LogP contribution is 2.32. The lowest BCUT2D eigenvalue weighted by molar-refractivity contribution is 0.0955. The second kappa shape index (κ2) is 7.40. The van der Waals surface area contributed by atoms with Gasteiger partial charge in [-0.05, 0) is 48.0 Å². The molecule has 4 aromatic rings. The minimum Gasteiger partial charge on any atom is -0.348 e. The van der Waals surface area contributed by atoms with Crippen molar-refractivity contribution in [2.75, 3.05) is 19.0 Å². The standard InChI is InChI=1S/C20H18FN5OS/c1-25(2)20-24-16-11-17(18(27)23-12-13-7-9-22-10-8-13)28-19(16)26(20)15-5-3-14(21)4-6-15/h3-11H,12H2,1-2H3,(H,23,27). The molecule has 6 nitrogen and oxygen atoms in total. The van der Waals surface area contributed by atoms with Crippen LogP contribution in [0.3, 0.4) is 0 Å². The number of halogens is 1. The summed E-state index contributed by atoms with van der Waals surface area (Å²) in [5, 5.41) is 2.92. The molecule has 0 fully saturated rings. The summed E-state index contributed by atoms with van der Waals surface area (Å²) in [6.07, 6.45) is 3.39. The number of aromatic nitrogens is 3. The average Bonchev–Trinajstić information content (AvgIpc) is 3.26. The number of carbonyl (C=O) groups is 1. The maximum absolute atomic E-state index is 13.3. The van der Waals surface area contributed by atoms with Crippen LogP contribution in [0.25, 0.3) is 16.0 Å². The SMILES string of the molecule is CN(C)c1nc2cc(C(=O)NCc3ccncc3)sc2n1-c1ccc(F)cc1. The van der Waals surface area contributed by atoms with Gasteiger partial charge in [0.2, 0.25) is 5.95 Å². The molecule has 3 aromatic heterocycles. The van der Waals surface area contributed by atoms with E-state index in [1.807, 2.05) is 35.7 Å². The molecule has 0 aliphatic heterocycles. The number of rotatable bonds is 5. The van der Waals surface area contributed by atoms with Crippen LogP contribution in [0.2, 0.25) is 0 Å². The molecule has 1 amide bonds. The number of imidazole rings is 1. The molecule has 1 aromatic carbocycles. The molecule has 0 spiro atoms.